The van der Waals surface area contributed by atoms with Gasteiger partial charge in [0, 0.05) is 31.2 Å². The fourth-order valence-corrected chi connectivity index (χ4v) is 9.53. The van der Waals surface area contributed by atoms with Crippen LogP contribution in [0.25, 0.3) is 10.8 Å². The van der Waals surface area contributed by atoms with Crippen molar-refractivity contribution >= 4 is 90.2 Å². The van der Waals surface area contributed by atoms with E-state index in [1.165, 1.54) is 32.6 Å². The number of nitrogens with one attached hydrogen (secondary N) is 1. The van der Waals surface area contributed by atoms with Gasteiger partial charge in [-0.1, -0.05) is 81.5 Å². The molecular formula is C30H20BrN3O4S3. The lowest BCUT2D eigenvalue weighted by molar-refractivity contribution is -0.122. The average Bonchev–Trinajstić information content (AvgIpc) is 3.67. The first-order valence-electron chi connectivity index (χ1n) is 12.8. The molecule has 1 saturated heterocycles. The summed E-state index contributed by atoms with van der Waals surface area (Å²) < 4.78 is 2.29. The number of rotatable bonds is 5. The second-order valence-electron chi connectivity index (χ2n) is 9.74. The number of halogens is 1. The Morgan fingerprint density at radius 2 is 1.68 bits per heavy atom. The summed E-state index contributed by atoms with van der Waals surface area (Å²) in [5.74, 6) is -2.04. The molecule has 2 aliphatic heterocycles. The predicted molar refractivity (Wildman–Crippen MR) is 167 cm³/mol. The van der Waals surface area contributed by atoms with Crippen molar-refractivity contribution in [3.8, 4) is 0 Å². The smallest absolute Gasteiger partial charge is 0.308 e. The highest BCUT2D eigenvalue weighted by molar-refractivity contribution is 9.10. The van der Waals surface area contributed by atoms with Crippen LogP contribution in [0, 0.1) is 5.92 Å². The Morgan fingerprint density at radius 1 is 0.902 bits per heavy atom. The van der Waals surface area contributed by atoms with Crippen LogP contribution >= 0.6 is 50.4 Å². The van der Waals surface area contributed by atoms with Crippen LogP contribution in [0.15, 0.2) is 98.5 Å². The van der Waals surface area contributed by atoms with E-state index >= 15 is 0 Å². The van der Waals surface area contributed by atoms with Crippen LogP contribution in [0.3, 0.4) is 0 Å². The second-order valence-corrected chi connectivity index (χ2v) is 13.8. The zero-order chi connectivity index (χ0) is 28.2. The number of amides is 3. The zero-order valence-electron chi connectivity index (χ0n) is 21.2. The van der Waals surface area contributed by atoms with Gasteiger partial charge in [-0.05, 0) is 47.2 Å². The first-order chi connectivity index (χ1) is 19.9. The molecule has 0 saturated carbocycles. The van der Waals surface area contributed by atoms with Crippen molar-refractivity contribution in [1.29, 1.82) is 0 Å². The maximum Gasteiger partial charge on any atom is 0.308 e. The van der Waals surface area contributed by atoms with E-state index in [9.17, 15) is 19.2 Å². The summed E-state index contributed by atoms with van der Waals surface area (Å²) in [4.78, 5) is 56.9. The second kappa shape index (κ2) is 10.4. The maximum absolute atomic E-state index is 13.9. The summed E-state index contributed by atoms with van der Waals surface area (Å²) in [5, 5.41) is 6.64. The number of thiophene rings is 1. The number of hydrogen-bond acceptors (Lipinski definition) is 7. The lowest BCUT2D eigenvalue weighted by atomic mass is 9.87. The molecule has 0 radical (unpaired) electrons. The molecular weight excluding hydrogens is 642 g/mol. The summed E-state index contributed by atoms with van der Waals surface area (Å²) >= 11 is 7.17. The van der Waals surface area contributed by atoms with Crippen molar-refractivity contribution in [1.82, 2.24) is 4.57 Å². The zero-order valence-corrected chi connectivity index (χ0v) is 25.2. The number of fused-ring (bicyclic) bond motifs is 3. The topological polar surface area (TPSA) is 88.5 Å². The minimum absolute atomic E-state index is 0.200. The van der Waals surface area contributed by atoms with E-state index in [-0.39, 0.29) is 29.1 Å². The number of anilines is 2. The van der Waals surface area contributed by atoms with Gasteiger partial charge >= 0.3 is 4.87 Å². The molecule has 3 amide bonds. The molecule has 0 aliphatic carbocycles. The molecule has 7 rings (SSSR count). The molecule has 41 heavy (non-hydrogen) atoms. The van der Waals surface area contributed by atoms with Gasteiger partial charge in [0.25, 0.3) is 0 Å². The van der Waals surface area contributed by atoms with Crippen molar-refractivity contribution < 1.29 is 14.4 Å². The van der Waals surface area contributed by atoms with Crippen LogP contribution in [0.2, 0.25) is 0 Å². The van der Waals surface area contributed by atoms with Crippen molar-refractivity contribution in [2.75, 3.05) is 10.2 Å². The molecule has 2 aromatic heterocycles. The Bertz CT molecular complexity index is 1890. The molecule has 0 unspecified atom stereocenters. The number of hydrogen-bond donors (Lipinski definition) is 1. The first-order valence-corrected chi connectivity index (χ1v) is 16.1. The third-order valence-electron chi connectivity index (χ3n) is 7.35. The highest BCUT2D eigenvalue weighted by atomic mass is 79.9. The number of imide groups is 1. The van der Waals surface area contributed by atoms with Crippen molar-refractivity contribution in [2.45, 2.75) is 22.7 Å². The molecule has 204 valence electrons. The number of carbonyl (C=O) groups is 3. The third kappa shape index (κ3) is 4.47. The van der Waals surface area contributed by atoms with Crippen LogP contribution < -0.4 is 15.1 Å². The van der Waals surface area contributed by atoms with Gasteiger partial charge in [-0.15, -0.1) is 11.3 Å². The van der Waals surface area contributed by atoms with Crippen molar-refractivity contribution in [3.63, 3.8) is 0 Å². The van der Waals surface area contributed by atoms with Crippen LogP contribution in [0.4, 0.5) is 11.4 Å². The minimum atomic E-state index is -0.716. The quantitative estimate of drug-likeness (QED) is 0.223. The van der Waals surface area contributed by atoms with Gasteiger partial charge in [-0.2, -0.15) is 0 Å². The van der Waals surface area contributed by atoms with Crippen LogP contribution in [-0.2, 0) is 20.9 Å². The molecule has 3 aromatic carbocycles. The maximum atomic E-state index is 13.9. The Morgan fingerprint density at radius 3 is 2.46 bits per heavy atom. The molecule has 4 heterocycles. The Labute approximate surface area is 254 Å². The van der Waals surface area contributed by atoms with Crippen LogP contribution in [0.1, 0.15) is 15.7 Å². The highest BCUT2D eigenvalue weighted by Gasteiger charge is 2.57. The number of benzene rings is 3. The molecule has 0 bridgehead atoms. The van der Waals surface area contributed by atoms with E-state index in [0.29, 0.717) is 16.4 Å². The molecule has 0 spiro atoms. The monoisotopic (exact) mass is 661 g/mol. The normalized spacial score (nSPS) is 19.8. The molecule has 1 fully saturated rings. The first kappa shape index (κ1) is 26.4. The Hall–Kier alpha value is -3.51. The Kier molecular flexibility index (Phi) is 6.69. The van der Waals surface area contributed by atoms with Crippen molar-refractivity contribution in [3.05, 3.63) is 108 Å². The van der Waals surface area contributed by atoms with E-state index < -0.39 is 17.1 Å². The van der Waals surface area contributed by atoms with E-state index in [4.69, 9.17) is 0 Å². The number of nitrogens with zero attached hydrogens (tertiary/aromatic N) is 2. The standard InChI is InChI=1S/C30H20BrN3O4S3/c31-17-10-12-18(13-11-17)34-27(36)24-23(21-9-4-14-39-21)26-29(40-25(24)28(34)37)33(30(38)41-26)15-22(35)32-20-8-3-6-16-5-1-2-7-19(16)20/h1-14,23-25H,15H2,(H,32,35)/t23-,24-,25+/m0/s1. The fraction of sp³-hybridized carbons (Fsp3) is 0.133. The number of aromatic nitrogens is 1. The van der Waals surface area contributed by atoms with Crippen molar-refractivity contribution in [2.24, 2.45) is 5.92 Å². The van der Waals surface area contributed by atoms with E-state index in [2.05, 4.69) is 21.2 Å². The van der Waals surface area contributed by atoms with E-state index in [1.807, 2.05) is 60.0 Å². The lowest BCUT2D eigenvalue weighted by Gasteiger charge is -2.29. The third-order valence-corrected chi connectivity index (χ3v) is 11.4. The highest BCUT2D eigenvalue weighted by Crippen LogP contribution is 2.54. The van der Waals surface area contributed by atoms with Gasteiger partial charge < -0.3 is 5.32 Å². The molecule has 11 heteroatoms. The lowest BCUT2D eigenvalue weighted by Crippen LogP contribution is -2.32. The number of thiazole rings is 1. The summed E-state index contributed by atoms with van der Waals surface area (Å²) in [6.07, 6.45) is 0. The van der Waals surface area contributed by atoms with Crippen LogP contribution in [-0.4, -0.2) is 27.5 Å². The van der Waals surface area contributed by atoms with Gasteiger partial charge in [0.2, 0.25) is 17.7 Å². The average molecular weight is 663 g/mol. The summed E-state index contributed by atoms with van der Waals surface area (Å²) in [6, 6.07) is 24.3. The number of carbonyl (C=O) groups excluding carboxylic acids is 3. The van der Waals surface area contributed by atoms with E-state index in [1.54, 1.807) is 24.3 Å². The van der Waals surface area contributed by atoms with Gasteiger partial charge in [0.15, 0.2) is 0 Å². The summed E-state index contributed by atoms with van der Waals surface area (Å²) in [5.41, 5.74) is 1.18. The van der Waals surface area contributed by atoms with E-state index in [0.717, 1.165) is 36.3 Å². The molecule has 7 nitrogen and oxygen atoms in total. The molecule has 3 atom stereocenters. The predicted octanol–water partition coefficient (Wildman–Crippen LogP) is 6.32. The SMILES string of the molecule is O=C(Cn1c2c(sc1=O)[C@@H](c1cccs1)[C@@H]1C(=O)N(c3ccc(Br)cc3)C(=O)[C@@H]1S2)Nc1cccc2ccccc12. The van der Waals surface area contributed by atoms with Crippen LogP contribution in [0.5, 0.6) is 0 Å². The summed E-state index contributed by atoms with van der Waals surface area (Å²) in [6.45, 7) is -0.200. The molecule has 5 aromatic rings. The van der Waals surface area contributed by atoms with Gasteiger partial charge in [0.1, 0.15) is 11.8 Å². The summed E-state index contributed by atoms with van der Waals surface area (Å²) in [7, 11) is 0. The fourth-order valence-electron chi connectivity index (χ4n) is 5.54. The largest absolute Gasteiger partial charge is 0.324 e. The number of thioether (sulfide) groups is 1. The molecule has 2 aliphatic rings. The minimum Gasteiger partial charge on any atom is -0.324 e. The Balaban J connectivity index is 1.25. The van der Waals surface area contributed by atoms with Gasteiger partial charge in [-0.25, -0.2) is 4.90 Å². The van der Waals surface area contributed by atoms with Gasteiger partial charge in [-0.3, -0.25) is 23.7 Å². The van der Waals surface area contributed by atoms with Gasteiger partial charge in [0.05, 0.1) is 16.6 Å². The molecule has 1 N–H and O–H groups in total.